The van der Waals surface area contributed by atoms with Crippen molar-refractivity contribution >= 4 is 11.3 Å². The molecule has 2 rings (SSSR count). The summed E-state index contributed by atoms with van der Waals surface area (Å²) in [5.74, 6) is 0. The quantitative estimate of drug-likeness (QED) is 0.803. The van der Waals surface area contributed by atoms with Gasteiger partial charge in [-0.25, -0.2) is 0 Å². The van der Waals surface area contributed by atoms with Crippen LogP contribution in [0.4, 0.5) is 0 Å². The van der Waals surface area contributed by atoms with Gasteiger partial charge in [0.1, 0.15) is 0 Å². The zero-order valence-corrected chi connectivity index (χ0v) is 11.2. The van der Waals surface area contributed by atoms with E-state index < -0.39 is 0 Å². The van der Waals surface area contributed by atoms with Gasteiger partial charge in [0.2, 0.25) is 0 Å². The Balaban J connectivity index is 1.62. The molecule has 1 atom stereocenters. The Morgan fingerprint density at radius 2 is 2.11 bits per heavy atom. The van der Waals surface area contributed by atoms with Gasteiger partial charge >= 0.3 is 0 Å². The topological polar surface area (TPSA) is 50.9 Å². The van der Waals surface area contributed by atoms with E-state index >= 15 is 0 Å². The average molecular weight is 261 g/mol. The highest BCUT2D eigenvalue weighted by molar-refractivity contribution is 7.09. The molecular weight excluding hydrogens is 242 g/mol. The molecule has 0 saturated heterocycles. The van der Waals surface area contributed by atoms with Gasteiger partial charge in [0.25, 0.3) is 0 Å². The lowest BCUT2D eigenvalue weighted by atomic mass is 10.1. The molecule has 96 valence electrons. The number of hydrogen-bond acceptors (Lipinski definition) is 4. The first-order valence-corrected chi connectivity index (χ1v) is 7.10. The molecule has 4 heteroatoms. The van der Waals surface area contributed by atoms with Crippen LogP contribution in [0.15, 0.2) is 42.0 Å². The Labute approximate surface area is 112 Å². The molecule has 3 nitrogen and oxygen atoms in total. The van der Waals surface area contributed by atoms with Gasteiger partial charge < -0.3 is 11.1 Å². The number of aryl methyl sites for hydroxylation is 1. The maximum absolute atomic E-state index is 6.09. The third kappa shape index (κ3) is 4.56. The predicted molar refractivity (Wildman–Crippen MR) is 76.6 cm³/mol. The lowest BCUT2D eigenvalue weighted by Gasteiger charge is -2.12. The molecule has 0 saturated carbocycles. The molecule has 0 radical (unpaired) electrons. The van der Waals surface area contributed by atoms with Crippen molar-refractivity contribution < 1.29 is 0 Å². The molecule has 3 N–H and O–H groups in total. The van der Waals surface area contributed by atoms with E-state index in [0.29, 0.717) is 0 Å². The second kappa shape index (κ2) is 7.26. The zero-order chi connectivity index (χ0) is 12.6. The highest BCUT2D eigenvalue weighted by atomic mass is 32.1. The van der Waals surface area contributed by atoms with Crippen LogP contribution in [0.3, 0.4) is 0 Å². The Kier molecular flexibility index (Phi) is 5.33. The second-order valence-corrected chi connectivity index (χ2v) is 5.35. The Bertz CT molecular complexity index is 428. The van der Waals surface area contributed by atoms with E-state index in [1.807, 2.05) is 17.8 Å². The first-order chi connectivity index (χ1) is 8.84. The van der Waals surface area contributed by atoms with Crippen molar-refractivity contribution in [1.82, 2.24) is 10.3 Å². The molecule has 1 heterocycles. The number of nitrogens with two attached hydrogens (primary N) is 1. The summed E-state index contributed by atoms with van der Waals surface area (Å²) < 4.78 is 0. The summed E-state index contributed by atoms with van der Waals surface area (Å²) in [4.78, 5) is 5.30. The van der Waals surface area contributed by atoms with Crippen molar-refractivity contribution in [3.8, 4) is 0 Å². The van der Waals surface area contributed by atoms with Crippen molar-refractivity contribution in [1.29, 1.82) is 0 Å². The molecule has 0 bridgehead atoms. The van der Waals surface area contributed by atoms with Gasteiger partial charge in [-0.1, -0.05) is 30.3 Å². The molecule has 1 aromatic heterocycles. The molecule has 1 aromatic carbocycles. The minimum Gasteiger partial charge on any atom is -0.327 e. The summed E-state index contributed by atoms with van der Waals surface area (Å²) >= 11 is 1.67. The van der Waals surface area contributed by atoms with E-state index in [1.54, 1.807) is 11.3 Å². The Hall–Kier alpha value is -1.23. The van der Waals surface area contributed by atoms with E-state index in [0.717, 1.165) is 25.9 Å². The number of nitrogens with zero attached hydrogens (tertiary/aromatic N) is 1. The van der Waals surface area contributed by atoms with E-state index in [2.05, 4.69) is 34.6 Å². The van der Waals surface area contributed by atoms with Crippen LogP contribution < -0.4 is 11.1 Å². The van der Waals surface area contributed by atoms with Crippen LogP contribution in [0.2, 0.25) is 0 Å². The van der Waals surface area contributed by atoms with Gasteiger partial charge in [-0.2, -0.15) is 0 Å². The van der Waals surface area contributed by atoms with Crippen LogP contribution in [-0.4, -0.2) is 17.6 Å². The monoisotopic (exact) mass is 261 g/mol. The van der Waals surface area contributed by atoms with Crippen LogP contribution in [0.5, 0.6) is 0 Å². The zero-order valence-electron chi connectivity index (χ0n) is 10.4. The molecule has 2 aromatic rings. The number of rotatable bonds is 7. The standard InChI is InChI=1S/C14H19N3S/c15-13(7-6-12-4-2-1-3-5-12)8-16-9-14-10-17-11-18-14/h1-5,10-11,13,16H,6-9,15H2. The SMILES string of the molecule is NC(CCc1ccccc1)CNCc1cncs1. The summed E-state index contributed by atoms with van der Waals surface area (Å²) in [5.41, 5.74) is 9.30. The van der Waals surface area contributed by atoms with Crippen LogP contribution in [0.25, 0.3) is 0 Å². The third-order valence-electron chi connectivity index (χ3n) is 2.84. The maximum atomic E-state index is 6.09. The molecule has 0 amide bonds. The number of benzene rings is 1. The molecule has 0 spiro atoms. The number of hydrogen-bond donors (Lipinski definition) is 2. The highest BCUT2D eigenvalue weighted by Gasteiger charge is 2.03. The van der Waals surface area contributed by atoms with E-state index in [-0.39, 0.29) is 6.04 Å². The van der Waals surface area contributed by atoms with E-state index in [9.17, 15) is 0 Å². The fourth-order valence-corrected chi connectivity index (χ4v) is 2.37. The van der Waals surface area contributed by atoms with E-state index in [1.165, 1.54) is 10.4 Å². The van der Waals surface area contributed by atoms with Crippen molar-refractivity contribution in [2.45, 2.75) is 25.4 Å². The van der Waals surface area contributed by atoms with E-state index in [4.69, 9.17) is 5.73 Å². The minimum absolute atomic E-state index is 0.207. The second-order valence-electron chi connectivity index (χ2n) is 4.38. The first-order valence-electron chi connectivity index (χ1n) is 6.22. The summed E-state index contributed by atoms with van der Waals surface area (Å²) in [6.45, 7) is 1.72. The number of thiazole rings is 1. The number of aromatic nitrogens is 1. The number of nitrogens with one attached hydrogen (secondary N) is 1. The van der Waals surface area contributed by atoms with Gasteiger partial charge in [0.15, 0.2) is 0 Å². The summed E-state index contributed by atoms with van der Waals surface area (Å²) in [6.07, 6.45) is 3.96. The fourth-order valence-electron chi connectivity index (χ4n) is 1.81. The lowest BCUT2D eigenvalue weighted by molar-refractivity contribution is 0.546. The normalized spacial score (nSPS) is 12.5. The lowest BCUT2D eigenvalue weighted by Crippen LogP contribution is -2.33. The summed E-state index contributed by atoms with van der Waals surface area (Å²) in [7, 11) is 0. The minimum atomic E-state index is 0.207. The van der Waals surface area contributed by atoms with Crippen LogP contribution in [-0.2, 0) is 13.0 Å². The highest BCUT2D eigenvalue weighted by Crippen LogP contribution is 2.05. The van der Waals surface area contributed by atoms with Crippen molar-refractivity contribution in [2.24, 2.45) is 5.73 Å². The van der Waals surface area contributed by atoms with Crippen molar-refractivity contribution in [3.63, 3.8) is 0 Å². The fraction of sp³-hybridized carbons (Fsp3) is 0.357. The summed E-state index contributed by atoms with van der Waals surface area (Å²) in [6, 6.07) is 10.7. The maximum Gasteiger partial charge on any atom is 0.0794 e. The molecule has 0 aliphatic rings. The van der Waals surface area contributed by atoms with Crippen molar-refractivity contribution in [3.05, 3.63) is 52.5 Å². The van der Waals surface area contributed by atoms with Crippen LogP contribution in [0, 0.1) is 0 Å². The molecule has 0 aliphatic heterocycles. The molecule has 1 unspecified atom stereocenters. The van der Waals surface area contributed by atoms with Gasteiger partial charge in [-0.05, 0) is 18.4 Å². The van der Waals surface area contributed by atoms with Gasteiger partial charge in [0.05, 0.1) is 5.51 Å². The van der Waals surface area contributed by atoms with Crippen molar-refractivity contribution in [2.75, 3.05) is 6.54 Å². The molecular formula is C14H19N3S. The molecule has 0 aliphatic carbocycles. The Morgan fingerprint density at radius 3 is 2.83 bits per heavy atom. The third-order valence-corrected chi connectivity index (χ3v) is 3.62. The summed E-state index contributed by atoms with van der Waals surface area (Å²) in [5, 5.41) is 3.37. The first kappa shape index (κ1) is 13.2. The average Bonchev–Trinajstić information content (AvgIpc) is 2.91. The van der Waals surface area contributed by atoms with Gasteiger partial charge in [-0.15, -0.1) is 11.3 Å². The largest absolute Gasteiger partial charge is 0.327 e. The van der Waals surface area contributed by atoms with Gasteiger partial charge in [-0.3, -0.25) is 4.98 Å². The molecule has 18 heavy (non-hydrogen) atoms. The predicted octanol–water partition coefficient (Wildman–Crippen LogP) is 2.19. The smallest absolute Gasteiger partial charge is 0.0794 e. The Morgan fingerprint density at radius 1 is 1.28 bits per heavy atom. The van der Waals surface area contributed by atoms with Gasteiger partial charge in [0, 0.05) is 30.2 Å². The van der Waals surface area contributed by atoms with Crippen LogP contribution >= 0.6 is 11.3 Å². The van der Waals surface area contributed by atoms with Crippen LogP contribution in [0.1, 0.15) is 16.9 Å². The molecule has 0 fully saturated rings.